The summed E-state index contributed by atoms with van der Waals surface area (Å²) >= 11 is 0. The second-order valence-corrected chi connectivity index (χ2v) is 6.55. The summed E-state index contributed by atoms with van der Waals surface area (Å²) in [5, 5.41) is 12.6. The number of amides is 1. The number of aromatic nitrogens is 1. The predicted molar refractivity (Wildman–Crippen MR) is 80.0 cm³/mol. The lowest BCUT2D eigenvalue weighted by Gasteiger charge is -2.28. The maximum absolute atomic E-state index is 12.5. The lowest BCUT2D eigenvalue weighted by molar-refractivity contribution is 0.0824. The van der Waals surface area contributed by atoms with Crippen molar-refractivity contribution in [2.24, 2.45) is 5.92 Å². The summed E-state index contributed by atoms with van der Waals surface area (Å²) in [5.41, 5.74) is 2.32. The molecule has 1 aliphatic rings. The van der Waals surface area contributed by atoms with Crippen LogP contribution in [0.15, 0.2) is 6.07 Å². The highest BCUT2D eigenvalue weighted by atomic mass is 16.3. The number of nitrogens with one attached hydrogen (secondary N) is 1. The zero-order chi connectivity index (χ0) is 15.1. The van der Waals surface area contributed by atoms with Crippen molar-refractivity contribution in [3.63, 3.8) is 0 Å². The molecule has 20 heavy (non-hydrogen) atoms. The van der Waals surface area contributed by atoms with E-state index in [4.69, 9.17) is 0 Å². The molecule has 0 spiro atoms. The van der Waals surface area contributed by atoms with Gasteiger partial charge in [0.25, 0.3) is 5.91 Å². The van der Waals surface area contributed by atoms with Crippen LogP contribution >= 0.6 is 0 Å². The molecule has 0 aromatic carbocycles. The van der Waals surface area contributed by atoms with Gasteiger partial charge >= 0.3 is 0 Å². The van der Waals surface area contributed by atoms with Crippen LogP contribution in [0.1, 0.15) is 61.4 Å². The van der Waals surface area contributed by atoms with Gasteiger partial charge in [0.1, 0.15) is 0 Å². The summed E-state index contributed by atoms with van der Waals surface area (Å²) < 4.78 is 2.17. The van der Waals surface area contributed by atoms with Gasteiger partial charge < -0.3 is 15.0 Å². The minimum atomic E-state index is -0.489. The van der Waals surface area contributed by atoms with E-state index in [1.54, 1.807) is 0 Å². The Morgan fingerprint density at radius 3 is 2.50 bits per heavy atom. The molecule has 0 bridgehead atoms. The van der Waals surface area contributed by atoms with Crippen LogP contribution in [-0.2, 0) is 0 Å². The van der Waals surface area contributed by atoms with E-state index in [1.165, 1.54) is 0 Å². The number of aryl methyl sites for hydroxylation is 1. The summed E-state index contributed by atoms with van der Waals surface area (Å²) in [6.07, 6.45) is 2.17. The Morgan fingerprint density at radius 1 is 1.50 bits per heavy atom. The standard InChI is InChI=1S/C16H26N2O2/c1-10(2)18-11(3)8-14(12(18)4)15(20)17-16(5,9-19)13-6-7-13/h8,10,13,19H,6-7,9H2,1-5H3,(H,17,20). The smallest absolute Gasteiger partial charge is 0.253 e. The number of aliphatic hydroxyl groups excluding tert-OH is 1. The van der Waals surface area contributed by atoms with Crippen LogP contribution in [0, 0.1) is 19.8 Å². The first kappa shape index (κ1) is 15.1. The molecule has 112 valence electrons. The third kappa shape index (κ3) is 2.62. The van der Waals surface area contributed by atoms with Gasteiger partial charge in [0, 0.05) is 17.4 Å². The van der Waals surface area contributed by atoms with Gasteiger partial charge in [0.05, 0.1) is 17.7 Å². The Labute approximate surface area is 121 Å². The van der Waals surface area contributed by atoms with Gasteiger partial charge in [0.2, 0.25) is 0 Å². The fourth-order valence-electron chi connectivity index (χ4n) is 3.12. The van der Waals surface area contributed by atoms with E-state index < -0.39 is 5.54 Å². The number of carbonyl (C=O) groups is 1. The van der Waals surface area contributed by atoms with Crippen molar-refractivity contribution < 1.29 is 9.90 Å². The first-order valence-electron chi connectivity index (χ1n) is 7.42. The maximum atomic E-state index is 12.5. The van der Waals surface area contributed by atoms with Crippen molar-refractivity contribution in [3.05, 3.63) is 23.0 Å². The quantitative estimate of drug-likeness (QED) is 0.869. The molecule has 1 aromatic heterocycles. The van der Waals surface area contributed by atoms with Crippen molar-refractivity contribution in [2.45, 2.75) is 59.0 Å². The van der Waals surface area contributed by atoms with Gasteiger partial charge in [-0.3, -0.25) is 4.79 Å². The molecule has 1 amide bonds. The fourth-order valence-corrected chi connectivity index (χ4v) is 3.12. The van der Waals surface area contributed by atoms with Gasteiger partial charge in [-0.15, -0.1) is 0 Å². The molecule has 0 aliphatic heterocycles. The molecule has 1 fully saturated rings. The number of hydrogen-bond acceptors (Lipinski definition) is 2. The number of aliphatic hydroxyl groups is 1. The first-order chi connectivity index (χ1) is 9.30. The molecule has 4 nitrogen and oxygen atoms in total. The Kier molecular flexibility index (Phi) is 3.96. The summed E-state index contributed by atoms with van der Waals surface area (Å²) in [6, 6.07) is 2.28. The Bertz CT molecular complexity index is 515. The minimum Gasteiger partial charge on any atom is -0.394 e. The van der Waals surface area contributed by atoms with Crippen LogP contribution in [-0.4, -0.2) is 27.7 Å². The highest BCUT2D eigenvalue weighted by molar-refractivity contribution is 5.96. The van der Waals surface area contributed by atoms with E-state index in [0.717, 1.165) is 29.8 Å². The second-order valence-electron chi connectivity index (χ2n) is 6.55. The van der Waals surface area contributed by atoms with Gasteiger partial charge in [-0.2, -0.15) is 0 Å². The van der Waals surface area contributed by atoms with Gasteiger partial charge in [0.15, 0.2) is 0 Å². The number of carbonyl (C=O) groups excluding carboxylic acids is 1. The Balaban J connectivity index is 2.23. The average molecular weight is 278 g/mol. The van der Waals surface area contributed by atoms with Crippen molar-refractivity contribution in [2.75, 3.05) is 6.61 Å². The minimum absolute atomic E-state index is 0.00761. The molecular weight excluding hydrogens is 252 g/mol. The topological polar surface area (TPSA) is 54.3 Å². The SMILES string of the molecule is Cc1cc(C(=O)NC(C)(CO)C2CC2)c(C)n1C(C)C. The molecule has 1 aliphatic carbocycles. The first-order valence-corrected chi connectivity index (χ1v) is 7.42. The molecule has 1 heterocycles. The Hall–Kier alpha value is -1.29. The zero-order valence-corrected chi connectivity index (χ0v) is 13.2. The van der Waals surface area contributed by atoms with Crippen LogP contribution in [0.25, 0.3) is 0 Å². The normalized spacial score (nSPS) is 18.1. The molecule has 1 aromatic rings. The molecule has 2 rings (SSSR count). The van der Waals surface area contributed by atoms with E-state index in [2.05, 4.69) is 23.7 Å². The summed E-state index contributed by atoms with van der Waals surface area (Å²) in [7, 11) is 0. The van der Waals surface area contributed by atoms with Crippen molar-refractivity contribution >= 4 is 5.91 Å². The lowest BCUT2D eigenvalue weighted by atomic mass is 9.96. The van der Waals surface area contributed by atoms with Crippen LogP contribution in [0.2, 0.25) is 0 Å². The predicted octanol–water partition coefficient (Wildman–Crippen LogP) is 2.58. The zero-order valence-electron chi connectivity index (χ0n) is 13.2. The lowest BCUT2D eigenvalue weighted by Crippen LogP contribution is -2.50. The number of hydrogen-bond donors (Lipinski definition) is 2. The summed E-state index contributed by atoms with van der Waals surface area (Å²) in [6.45, 7) is 10.2. The molecule has 1 saturated carbocycles. The molecule has 1 unspecified atom stereocenters. The third-order valence-corrected chi connectivity index (χ3v) is 4.45. The van der Waals surface area contributed by atoms with Crippen LogP contribution < -0.4 is 5.32 Å². The van der Waals surface area contributed by atoms with Crippen molar-refractivity contribution in [1.82, 2.24) is 9.88 Å². The molecule has 4 heteroatoms. The van der Waals surface area contributed by atoms with E-state index >= 15 is 0 Å². The molecular formula is C16H26N2O2. The summed E-state index contributed by atoms with van der Waals surface area (Å²) in [5.74, 6) is 0.332. The highest BCUT2D eigenvalue weighted by Crippen LogP contribution is 2.39. The van der Waals surface area contributed by atoms with E-state index in [1.807, 2.05) is 26.8 Å². The molecule has 0 radical (unpaired) electrons. The van der Waals surface area contributed by atoms with E-state index in [9.17, 15) is 9.90 Å². The van der Waals surface area contributed by atoms with Crippen LogP contribution in [0.4, 0.5) is 0 Å². The average Bonchev–Trinajstić information content (AvgIpc) is 3.15. The molecule has 2 N–H and O–H groups in total. The molecule has 1 atom stereocenters. The van der Waals surface area contributed by atoms with Crippen molar-refractivity contribution in [1.29, 1.82) is 0 Å². The highest BCUT2D eigenvalue weighted by Gasteiger charge is 2.42. The second kappa shape index (κ2) is 5.24. The van der Waals surface area contributed by atoms with Gasteiger partial charge in [-0.05, 0) is 59.4 Å². The number of nitrogens with zero attached hydrogens (tertiary/aromatic N) is 1. The summed E-state index contributed by atoms with van der Waals surface area (Å²) in [4.78, 5) is 12.5. The van der Waals surface area contributed by atoms with Gasteiger partial charge in [-0.25, -0.2) is 0 Å². The molecule has 0 saturated heterocycles. The fraction of sp³-hybridized carbons (Fsp3) is 0.688. The van der Waals surface area contributed by atoms with E-state index in [-0.39, 0.29) is 12.5 Å². The van der Waals surface area contributed by atoms with Gasteiger partial charge in [-0.1, -0.05) is 0 Å². The maximum Gasteiger partial charge on any atom is 0.253 e. The van der Waals surface area contributed by atoms with Crippen LogP contribution in [0.3, 0.4) is 0 Å². The Morgan fingerprint density at radius 2 is 2.10 bits per heavy atom. The monoisotopic (exact) mass is 278 g/mol. The van der Waals surface area contributed by atoms with E-state index in [0.29, 0.717) is 12.0 Å². The van der Waals surface area contributed by atoms with Crippen molar-refractivity contribution in [3.8, 4) is 0 Å². The largest absolute Gasteiger partial charge is 0.394 e. The number of rotatable bonds is 5. The third-order valence-electron chi connectivity index (χ3n) is 4.45. The van der Waals surface area contributed by atoms with Crippen LogP contribution in [0.5, 0.6) is 0 Å².